The molecule has 3 fully saturated rings. The van der Waals surface area contributed by atoms with Gasteiger partial charge >= 0.3 is 0 Å². The van der Waals surface area contributed by atoms with Crippen LogP contribution in [0, 0.1) is 28.6 Å². The molecule has 0 aliphatic heterocycles. The van der Waals surface area contributed by atoms with Crippen LogP contribution in [0.15, 0.2) is 0 Å². The highest BCUT2D eigenvalue weighted by molar-refractivity contribution is 6.40. The lowest BCUT2D eigenvalue weighted by atomic mass is 9.38. The van der Waals surface area contributed by atoms with Crippen LogP contribution in [0.25, 0.3) is 0 Å². The third kappa shape index (κ3) is 1.07. The van der Waals surface area contributed by atoms with Crippen LogP contribution in [0.1, 0.15) is 46.5 Å². The maximum absolute atomic E-state index is 6.44. The summed E-state index contributed by atoms with van der Waals surface area (Å²) in [6, 6.07) is 0. The minimum atomic E-state index is -0.474. The van der Waals surface area contributed by atoms with Gasteiger partial charge in [-0.3, -0.25) is 0 Å². The summed E-state index contributed by atoms with van der Waals surface area (Å²) in [6.07, 6.45) is 5.62. The first kappa shape index (κ1) is 10.3. The molecule has 1 spiro atoms. The van der Waals surface area contributed by atoms with Crippen LogP contribution in [-0.2, 0) is 0 Å². The fourth-order valence-electron chi connectivity index (χ4n) is 4.28. The molecule has 0 nitrogen and oxygen atoms in total. The van der Waals surface area contributed by atoms with Crippen LogP contribution in [0.3, 0.4) is 0 Å². The Morgan fingerprint density at radius 2 is 1.87 bits per heavy atom. The van der Waals surface area contributed by atoms with E-state index in [1.807, 2.05) is 0 Å². The van der Waals surface area contributed by atoms with Crippen LogP contribution in [-0.4, -0.2) is 15.7 Å². The highest BCUT2D eigenvalue weighted by atomic mass is 14.8. The van der Waals surface area contributed by atoms with Crippen LogP contribution in [0.2, 0.25) is 5.21 Å². The molecule has 0 heterocycles. The van der Waals surface area contributed by atoms with Gasteiger partial charge in [-0.2, -0.15) is 0 Å². The molecule has 3 aliphatic carbocycles. The molecule has 4 unspecified atom stereocenters. The zero-order valence-corrected chi connectivity index (χ0v) is 10.2. The van der Waals surface area contributed by atoms with Crippen LogP contribution in [0.5, 0.6) is 0 Å². The normalized spacial score (nSPS) is 48.1. The first-order chi connectivity index (χ1) is 6.79. The zero-order chi connectivity index (χ0) is 11.1. The van der Waals surface area contributed by atoms with Gasteiger partial charge in [0.1, 0.15) is 0 Å². The summed E-state index contributed by atoms with van der Waals surface area (Å²) in [6.45, 7) is 6.55. The molecule has 0 N–H and O–H groups in total. The third-order valence-corrected chi connectivity index (χ3v) is 5.89. The minimum Gasteiger partial charge on any atom is -0.0913 e. The summed E-state index contributed by atoms with van der Waals surface area (Å²) in [4.78, 5) is 0. The minimum absolute atomic E-state index is 0.0191. The van der Waals surface area contributed by atoms with Crippen molar-refractivity contribution in [1.29, 1.82) is 0 Å². The predicted molar refractivity (Wildman–Crippen MR) is 65.0 cm³/mol. The maximum atomic E-state index is 6.44. The zero-order valence-electron chi connectivity index (χ0n) is 10.2. The molecule has 4 atom stereocenters. The Bertz CT molecular complexity index is 302. The van der Waals surface area contributed by atoms with E-state index < -0.39 is 5.21 Å². The summed E-state index contributed by atoms with van der Waals surface area (Å²) in [5, 5.41) is -0.474. The SMILES string of the molecule is [B]C([B])(C1CC2CCC23CC13)C(C)(C)C. The molecular weight excluding hydrogens is 178 g/mol. The van der Waals surface area contributed by atoms with E-state index in [0.717, 1.165) is 17.3 Å². The number of hydrogen-bond donors (Lipinski definition) is 0. The van der Waals surface area contributed by atoms with E-state index in [1.165, 1.54) is 25.7 Å². The van der Waals surface area contributed by atoms with E-state index in [1.54, 1.807) is 0 Å². The fourth-order valence-corrected chi connectivity index (χ4v) is 4.28. The van der Waals surface area contributed by atoms with E-state index in [0.29, 0.717) is 5.92 Å². The van der Waals surface area contributed by atoms with Crippen molar-refractivity contribution in [3.05, 3.63) is 0 Å². The van der Waals surface area contributed by atoms with Crippen molar-refractivity contribution in [2.24, 2.45) is 28.6 Å². The van der Waals surface area contributed by atoms with Crippen molar-refractivity contribution in [3.63, 3.8) is 0 Å². The number of rotatable bonds is 1. The van der Waals surface area contributed by atoms with Gasteiger partial charge in [-0.25, -0.2) is 0 Å². The molecule has 0 aromatic carbocycles. The van der Waals surface area contributed by atoms with Gasteiger partial charge < -0.3 is 0 Å². The Labute approximate surface area is 96.4 Å². The summed E-state index contributed by atoms with van der Waals surface area (Å²) < 4.78 is 0. The molecule has 4 radical (unpaired) electrons. The molecule has 0 saturated heterocycles. The summed E-state index contributed by atoms with van der Waals surface area (Å²) >= 11 is 0. The van der Waals surface area contributed by atoms with Crippen molar-refractivity contribution >= 4 is 15.7 Å². The Kier molecular flexibility index (Phi) is 1.73. The van der Waals surface area contributed by atoms with Gasteiger partial charge in [-0.05, 0) is 54.3 Å². The first-order valence-corrected chi connectivity index (χ1v) is 6.37. The molecule has 3 aliphatic rings. The van der Waals surface area contributed by atoms with Gasteiger partial charge in [0.2, 0.25) is 0 Å². The average molecular weight is 198 g/mol. The molecule has 0 amide bonds. The van der Waals surface area contributed by atoms with Crippen LogP contribution < -0.4 is 0 Å². The lowest BCUT2D eigenvalue weighted by Crippen LogP contribution is -2.37. The van der Waals surface area contributed by atoms with E-state index >= 15 is 0 Å². The van der Waals surface area contributed by atoms with Crippen molar-refractivity contribution in [3.8, 4) is 0 Å². The standard InChI is InChI=1S/C13H20B2/c1-11(2,3)13(14,15)9-6-8-4-5-12(8)7-10(9)12/h8-10H,4-7H2,1-3H3. The van der Waals surface area contributed by atoms with Crippen molar-refractivity contribution in [2.75, 3.05) is 0 Å². The lowest BCUT2D eigenvalue weighted by molar-refractivity contribution is 0.160. The second-order valence-corrected chi connectivity index (χ2v) is 7.30. The van der Waals surface area contributed by atoms with Crippen LogP contribution >= 0.6 is 0 Å². The third-order valence-electron chi connectivity index (χ3n) is 5.89. The molecule has 2 heteroatoms. The summed E-state index contributed by atoms with van der Waals surface area (Å²) in [5.74, 6) is 2.41. The largest absolute Gasteiger partial charge is 0.0913 e. The van der Waals surface area contributed by atoms with Crippen molar-refractivity contribution < 1.29 is 0 Å². The smallest absolute Gasteiger partial charge is 0.0631 e. The van der Waals surface area contributed by atoms with Gasteiger partial charge in [0.25, 0.3) is 0 Å². The van der Waals surface area contributed by atoms with Crippen molar-refractivity contribution in [2.45, 2.75) is 51.7 Å². The molecule has 3 saturated carbocycles. The molecule has 0 aromatic heterocycles. The summed E-state index contributed by atoms with van der Waals surface area (Å²) in [5.41, 5.74) is 0.755. The van der Waals surface area contributed by atoms with Crippen molar-refractivity contribution in [1.82, 2.24) is 0 Å². The first-order valence-electron chi connectivity index (χ1n) is 6.37. The number of hydrogen-bond acceptors (Lipinski definition) is 0. The van der Waals surface area contributed by atoms with E-state index in [4.69, 9.17) is 15.7 Å². The fraction of sp³-hybridized carbons (Fsp3) is 1.00. The topological polar surface area (TPSA) is 0 Å². The van der Waals surface area contributed by atoms with Gasteiger partial charge in [0.05, 0.1) is 15.7 Å². The Morgan fingerprint density at radius 3 is 2.13 bits per heavy atom. The average Bonchev–Trinajstić information content (AvgIpc) is 2.73. The van der Waals surface area contributed by atoms with Gasteiger partial charge in [-0.15, -0.1) is 0 Å². The molecule has 15 heavy (non-hydrogen) atoms. The van der Waals surface area contributed by atoms with E-state index in [-0.39, 0.29) is 5.41 Å². The Balaban J connectivity index is 1.85. The highest BCUT2D eigenvalue weighted by Crippen LogP contribution is 2.81. The Hall–Kier alpha value is 0.130. The van der Waals surface area contributed by atoms with Gasteiger partial charge in [0.15, 0.2) is 0 Å². The van der Waals surface area contributed by atoms with Gasteiger partial charge in [0, 0.05) is 0 Å². The molecule has 78 valence electrons. The lowest BCUT2D eigenvalue weighted by Gasteiger charge is -2.46. The maximum Gasteiger partial charge on any atom is 0.0631 e. The molecule has 0 aromatic rings. The monoisotopic (exact) mass is 198 g/mol. The highest BCUT2D eigenvalue weighted by Gasteiger charge is 2.72. The summed E-state index contributed by atoms with van der Waals surface area (Å²) in [7, 11) is 12.9. The van der Waals surface area contributed by atoms with Crippen LogP contribution in [0.4, 0.5) is 0 Å². The second kappa shape index (κ2) is 2.51. The van der Waals surface area contributed by atoms with Gasteiger partial charge in [-0.1, -0.05) is 26.0 Å². The van der Waals surface area contributed by atoms with E-state index in [2.05, 4.69) is 20.8 Å². The molecule has 0 bridgehead atoms. The quantitative estimate of drug-likeness (QED) is 0.568. The second-order valence-electron chi connectivity index (χ2n) is 7.30. The molecular formula is C13H20B2. The van der Waals surface area contributed by atoms with E-state index in [9.17, 15) is 0 Å². The Morgan fingerprint density at radius 1 is 1.20 bits per heavy atom. The molecule has 3 rings (SSSR count). The predicted octanol–water partition coefficient (Wildman–Crippen LogP) is 2.92.